The van der Waals surface area contributed by atoms with Crippen molar-refractivity contribution in [1.29, 1.82) is 0 Å². The molecule has 0 radical (unpaired) electrons. The van der Waals surface area contributed by atoms with Crippen molar-refractivity contribution in [3.05, 3.63) is 0 Å². The number of nitrogens with one attached hydrogen (secondary N) is 1. The molecule has 3 atom stereocenters. The summed E-state index contributed by atoms with van der Waals surface area (Å²) in [5.41, 5.74) is 0. The highest BCUT2D eigenvalue weighted by molar-refractivity contribution is 4.90. The van der Waals surface area contributed by atoms with Gasteiger partial charge in [0.2, 0.25) is 0 Å². The fourth-order valence-corrected chi connectivity index (χ4v) is 3.86. The van der Waals surface area contributed by atoms with Gasteiger partial charge in [-0.1, -0.05) is 6.42 Å². The molecule has 2 aliphatic rings. The van der Waals surface area contributed by atoms with Crippen LogP contribution in [0.1, 0.15) is 32.1 Å². The molecule has 3 heteroatoms. The van der Waals surface area contributed by atoms with Crippen LogP contribution in [0.3, 0.4) is 0 Å². The lowest BCUT2D eigenvalue weighted by Crippen LogP contribution is -2.31. The zero-order valence-corrected chi connectivity index (χ0v) is 12.2. The van der Waals surface area contributed by atoms with Gasteiger partial charge >= 0.3 is 0 Å². The van der Waals surface area contributed by atoms with Crippen LogP contribution in [0.2, 0.25) is 0 Å². The van der Waals surface area contributed by atoms with E-state index in [4.69, 9.17) is 4.74 Å². The van der Waals surface area contributed by atoms with Crippen molar-refractivity contribution in [2.45, 2.75) is 32.1 Å². The van der Waals surface area contributed by atoms with Crippen LogP contribution >= 0.6 is 0 Å². The summed E-state index contributed by atoms with van der Waals surface area (Å²) >= 11 is 0. The monoisotopic (exact) mass is 254 g/mol. The van der Waals surface area contributed by atoms with Gasteiger partial charge in [0.05, 0.1) is 6.61 Å². The predicted molar refractivity (Wildman–Crippen MR) is 75.8 cm³/mol. The van der Waals surface area contributed by atoms with E-state index in [1.54, 1.807) is 7.11 Å². The average Bonchev–Trinajstić information content (AvgIpc) is 2.95. The van der Waals surface area contributed by atoms with Crippen molar-refractivity contribution in [3.63, 3.8) is 0 Å². The summed E-state index contributed by atoms with van der Waals surface area (Å²) in [7, 11) is 4.05. The lowest BCUT2D eigenvalue weighted by molar-refractivity contribution is 0.197. The van der Waals surface area contributed by atoms with Crippen LogP contribution in [0.4, 0.5) is 0 Å². The molecule has 1 N–H and O–H groups in total. The molecule has 0 amide bonds. The molecule has 2 bridgehead atoms. The third-order valence-corrected chi connectivity index (χ3v) is 4.81. The van der Waals surface area contributed by atoms with Crippen LogP contribution in [-0.2, 0) is 4.74 Å². The molecule has 0 heterocycles. The molecule has 18 heavy (non-hydrogen) atoms. The average molecular weight is 254 g/mol. The second kappa shape index (κ2) is 7.46. The van der Waals surface area contributed by atoms with Gasteiger partial charge in [-0.25, -0.2) is 0 Å². The number of hydrogen-bond acceptors (Lipinski definition) is 3. The highest BCUT2D eigenvalue weighted by atomic mass is 16.5. The SMILES string of the molecule is COCCNCCCN(C)CC1CC2CCC1C2. The number of fused-ring (bicyclic) bond motifs is 2. The molecule has 2 rings (SSSR count). The summed E-state index contributed by atoms with van der Waals surface area (Å²) < 4.78 is 5.01. The largest absolute Gasteiger partial charge is 0.383 e. The molecule has 0 aromatic carbocycles. The van der Waals surface area contributed by atoms with Crippen LogP contribution in [0.5, 0.6) is 0 Å². The van der Waals surface area contributed by atoms with Crippen LogP contribution in [0, 0.1) is 17.8 Å². The molecule has 3 nitrogen and oxygen atoms in total. The minimum atomic E-state index is 0.820. The van der Waals surface area contributed by atoms with E-state index in [9.17, 15) is 0 Å². The Morgan fingerprint density at radius 2 is 2.11 bits per heavy atom. The summed E-state index contributed by atoms with van der Waals surface area (Å²) in [5.74, 6) is 3.16. The second-order valence-corrected chi connectivity index (χ2v) is 6.29. The lowest BCUT2D eigenvalue weighted by atomic mass is 9.88. The fourth-order valence-electron chi connectivity index (χ4n) is 3.86. The van der Waals surface area contributed by atoms with Crippen molar-refractivity contribution < 1.29 is 4.74 Å². The Morgan fingerprint density at radius 1 is 1.22 bits per heavy atom. The van der Waals surface area contributed by atoms with Crippen molar-refractivity contribution >= 4 is 0 Å². The first kappa shape index (κ1) is 14.3. The van der Waals surface area contributed by atoms with Crippen LogP contribution in [0.15, 0.2) is 0 Å². The molecule has 0 aliphatic heterocycles. The molecule has 0 spiro atoms. The van der Waals surface area contributed by atoms with Crippen LogP contribution in [0.25, 0.3) is 0 Å². The highest BCUT2D eigenvalue weighted by Crippen LogP contribution is 2.48. The number of methoxy groups -OCH3 is 1. The number of rotatable bonds is 9. The summed E-state index contributed by atoms with van der Waals surface area (Å²) in [6.07, 6.45) is 7.34. The van der Waals surface area contributed by atoms with Gasteiger partial charge < -0.3 is 15.0 Å². The maximum absolute atomic E-state index is 5.01. The molecule has 2 fully saturated rings. The Bertz CT molecular complexity index is 235. The van der Waals surface area contributed by atoms with Crippen LogP contribution < -0.4 is 5.32 Å². The van der Waals surface area contributed by atoms with Crippen molar-refractivity contribution in [2.24, 2.45) is 17.8 Å². The first-order chi connectivity index (χ1) is 8.79. The highest BCUT2D eigenvalue weighted by Gasteiger charge is 2.39. The third kappa shape index (κ3) is 4.22. The molecule has 2 aliphatic carbocycles. The quantitative estimate of drug-likeness (QED) is 0.637. The van der Waals surface area contributed by atoms with Gasteiger partial charge in [-0.3, -0.25) is 0 Å². The first-order valence-electron chi connectivity index (χ1n) is 7.67. The summed E-state index contributed by atoms with van der Waals surface area (Å²) in [5, 5.41) is 3.41. The van der Waals surface area contributed by atoms with Gasteiger partial charge in [-0.2, -0.15) is 0 Å². The van der Waals surface area contributed by atoms with E-state index in [2.05, 4.69) is 17.3 Å². The normalized spacial score (nSPS) is 30.5. The van der Waals surface area contributed by atoms with E-state index in [1.165, 1.54) is 45.2 Å². The van der Waals surface area contributed by atoms with Crippen LogP contribution in [-0.4, -0.2) is 51.8 Å². The summed E-state index contributed by atoms with van der Waals surface area (Å²) in [6.45, 7) is 5.48. The maximum atomic E-state index is 5.01. The van der Waals surface area contributed by atoms with E-state index in [-0.39, 0.29) is 0 Å². The third-order valence-electron chi connectivity index (χ3n) is 4.81. The Balaban J connectivity index is 1.49. The minimum Gasteiger partial charge on any atom is -0.383 e. The number of nitrogens with zero attached hydrogens (tertiary/aromatic N) is 1. The van der Waals surface area contributed by atoms with Crippen molar-refractivity contribution in [3.8, 4) is 0 Å². The smallest absolute Gasteiger partial charge is 0.0587 e. The van der Waals surface area contributed by atoms with Gasteiger partial charge in [-0.15, -0.1) is 0 Å². The Hall–Kier alpha value is -0.120. The summed E-state index contributed by atoms with van der Waals surface area (Å²) in [4.78, 5) is 2.55. The van der Waals surface area contributed by atoms with E-state index in [0.29, 0.717) is 0 Å². The van der Waals surface area contributed by atoms with Gasteiger partial charge in [0.1, 0.15) is 0 Å². The van der Waals surface area contributed by atoms with Crippen molar-refractivity contribution in [1.82, 2.24) is 10.2 Å². The van der Waals surface area contributed by atoms with Gasteiger partial charge in [-0.05, 0) is 63.6 Å². The molecule has 106 valence electrons. The number of hydrogen-bond donors (Lipinski definition) is 1. The predicted octanol–water partition coefficient (Wildman–Crippen LogP) is 1.98. The first-order valence-corrected chi connectivity index (χ1v) is 7.67. The molecular formula is C15H30N2O. The van der Waals surface area contributed by atoms with Gasteiger partial charge in [0.25, 0.3) is 0 Å². The second-order valence-electron chi connectivity index (χ2n) is 6.29. The standard InChI is InChI=1S/C15H30N2O/c1-17(8-3-6-16-7-9-18-2)12-15-11-13-4-5-14(15)10-13/h13-16H,3-12H2,1-2H3. The molecular weight excluding hydrogens is 224 g/mol. The zero-order chi connectivity index (χ0) is 12.8. The Labute approximate surface area is 112 Å². The van der Waals surface area contributed by atoms with E-state index < -0.39 is 0 Å². The van der Waals surface area contributed by atoms with E-state index in [0.717, 1.165) is 37.5 Å². The Kier molecular flexibility index (Phi) is 5.93. The molecule has 0 aromatic heterocycles. The zero-order valence-electron chi connectivity index (χ0n) is 12.2. The van der Waals surface area contributed by atoms with Gasteiger partial charge in [0, 0.05) is 20.2 Å². The van der Waals surface area contributed by atoms with Crippen molar-refractivity contribution in [2.75, 3.05) is 46.9 Å². The molecule has 0 aromatic rings. The molecule has 3 unspecified atom stereocenters. The topological polar surface area (TPSA) is 24.5 Å². The lowest BCUT2D eigenvalue weighted by Gasteiger charge is -2.27. The van der Waals surface area contributed by atoms with E-state index >= 15 is 0 Å². The minimum absolute atomic E-state index is 0.820. The number of ether oxygens (including phenoxy) is 1. The fraction of sp³-hybridized carbons (Fsp3) is 1.00. The molecule has 2 saturated carbocycles. The summed E-state index contributed by atoms with van der Waals surface area (Å²) in [6, 6.07) is 0. The molecule has 0 saturated heterocycles. The Morgan fingerprint density at radius 3 is 2.78 bits per heavy atom. The van der Waals surface area contributed by atoms with Gasteiger partial charge in [0.15, 0.2) is 0 Å². The maximum Gasteiger partial charge on any atom is 0.0587 e. The van der Waals surface area contributed by atoms with E-state index in [1.807, 2.05) is 0 Å².